The van der Waals surface area contributed by atoms with Crippen molar-refractivity contribution in [1.29, 1.82) is 0 Å². The Hall–Kier alpha value is -1.63. The maximum atomic E-state index is 12.4. The predicted octanol–water partition coefficient (Wildman–Crippen LogP) is 0.232. The van der Waals surface area contributed by atoms with E-state index in [1.807, 2.05) is 12.1 Å². The van der Waals surface area contributed by atoms with Crippen LogP contribution in [0.5, 0.6) is 0 Å². The quantitative estimate of drug-likeness (QED) is 0.832. The molecule has 1 atom stereocenters. The topological polar surface area (TPSA) is 86.9 Å². The molecule has 0 saturated carbocycles. The SMILES string of the molecule is CC(O)C(=O)N1CCN(C(=O)c2ccc(CN)cc2)CC1.Cl. The van der Waals surface area contributed by atoms with Crippen LogP contribution >= 0.6 is 12.4 Å². The highest BCUT2D eigenvalue weighted by Gasteiger charge is 2.26. The Labute approximate surface area is 136 Å². The Morgan fingerprint density at radius 1 is 1.14 bits per heavy atom. The second-order valence-corrected chi connectivity index (χ2v) is 5.19. The van der Waals surface area contributed by atoms with Crippen LogP contribution in [0.4, 0.5) is 0 Å². The number of carbonyl (C=O) groups is 2. The number of aliphatic hydroxyl groups excluding tert-OH is 1. The molecule has 0 radical (unpaired) electrons. The number of rotatable bonds is 3. The van der Waals surface area contributed by atoms with Gasteiger partial charge in [0, 0.05) is 38.3 Å². The summed E-state index contributed by atoms with van der Waals surface area (Å²) in [7, 11) is 0. The van der Waals surface area contributed by atoms with Gasteiger partial charge in [-0.2, -0.15) is 0 Å². The molecular weight excluding hydrogens is 306 g/mol. The first kappa shape index (κ1) is 18.4. The molecule has 0 aliphatic carbocycles. The van der Waals surface area contributed by atoms with Crippen molar-refractivity contribution in [3.05, 3.63) is 35.4 Å². The van der Waals surface area contributed by atoms with Gasteiger partial charge in [0.1, 0.15) is 6.10 Å². The summed E-state index contributed by atoms with van der Waals surface area (Å²) in [5, 5.41) is 9.29. The number of amides is 2. The zero-order chi connectivity index (χ0) is 15.4. The summed E-state index contributed by atoms with van der Waals surface area (Å²) in [4.78, 5) is 27.3. The molecule has 1 fully saturated rings. The molecule has 2 rings (SSSR count). The van der Waals surface area contributed by atoms with Crippen LogP contribution in [0.1, 0.15) is 22.8 Å². The van der Waals surface area contributed by atoms with Crippen LogP contribution in [0, 0.1) is 0 Å². The maximum Gasteiger partial charge on any atom is 0.253 e. The monoisotopic (exact) mass is 327 g/mol. The van der Waals surface area contributed by atoms with E-state index in [0.29, 0.717) is 38.3 Å². The van der Waals surface area contributed by atoms with Gasteiger partial charge in [-0.05, 0) is 24.6 Å². The lowest BCUT2D eigenvalue weighted by Crippen LogP contribution is -2.52. The second-order valence-electron chi connectivity index (χ2n) is 5.19. The van der Waals surface area contributed by atoms with Gasteiger partial charge in [0.2, 0.25) is 0 Å². The standard InChI is InChI=1S/C15H21N3O3.ClH/c1-11(19)14(20)17-6-8-18(9-7-17)15(21)13-4-2-12(10-16)3-5-13;/h2-5,11,19H,6-10,16H2,1H3;1H. The molecule has 1 aromatic carbocycles. The number of hydrogen-bond donors (Lipinski definition) is 2. The third-order valence-electron chi connectivity index (χ3n) is 3.67. The highest BCUT2D eigenvalue weighted by atomic mass is 35.5. The second kappa shape index (κ2) is 8.12. The summed E-state index contributed by atoms with van der Waals surface area (Å²) in [6.45, 7) is 3.78. The largest absolute Gasteiger partial charge is 0.384 e. The first-order valence-corrected chi connectivity index (χ1v) is 7.08. The zero-order valence-corrected chi connectivity index (χ0v) is 13.4. The van der Waals surface area contributed by atoms with Crippen LogP contribution in [0.15, 0.2) is 24.3 Å². The number of nitrogens with zero attached hydrogens (tertiary/aromatic N) is 2. The van der Waals surface area contributed by atoms with Gasteiger partial charge in [0.15, 0.2) is 0 Å². The van der Waals surface area contributed by atoms with Crippen molar-refractivity contribution in [2.24, 2.45) is 5.73 Å². The molecule has 1 aromatic rings. The van der Waals surface area contributed by atoms with Gasteiger partial charge in [0.05, 0.1) is 0 Å². The molecule has 1 aliphatic heterocycles. The molecule has 0 bridgehead atoms. The van der Waals surface area contributed by atoms with E-state index in [-0.39, 0.29) is 24.2 Å². The lowest BCUT2D eigenvalue weighted by atomic mass is 10.1. The maximum absolute atomic E-state index is 12.4. The lowest BCUT2D eigenvalue weighted by molar-refractivity contribution is -0.140. The van der Waals surface area contributed by atoms with Crippen molar-refractivity contribution in [2.75, 3.05) is 26.2 Å². The number of benzene rings is 1. The summed E-state index contributed by atoms with van der Waals surface area (Å²) in [5.74, 6) is -0.322. The average molecular weight is 328 g/mol. The number of nitrogens with two attached hydrogens (primary N) is 1. The van der Waals surface area contributed by atoms with Crippen LogP contribution in [0.2, 0.25) is 0 Å². The van der Waals surface area contributed by atoms with E-state index < -0.39 is 6.10 Å². The number of aliphatic hydroxyl groups is 1. The molecule has 22 heavy (non-hydrogen) atoms. The van der Waals surface area contributed by atoms with Crippen LogP contribution in [-0.4, -0.2) is 59.0 Å². The Morgan fingerprint density at radius 2 is 1.64 bits per heavy atom. The minimum Gasteiger partial charge on any atom is -0.384 e. The normalized spacial score (nSPS) is 16.0. The van der Waals surface area contributed by atoms with Crippen molar-refractivity contribution in [3.63, 3.8) is 0 Å². The van der Waals surface area contributed by atoms with Crippen LogP contribution in [-0.2, 0) is 11.3 Å². The molecule has 0 spiro atoms. The molecule has 2 amide bonds. The van der Waals surface area contributed by atoms with E-state index >= 15 is 0 Å². The van der Waals surface area contributed by atoms with E-state index in [4.69, 9.17) is 5.73 Å². The molecule has 0 aromatic heterocycles. The number of hydrogen-bond acceptors (Lipinski definition) is 4. The van der Waals surface area contributed by atoms with Crippen LogP contribution in [0.25, 0.3) is 0 Å². The third-order valence-corrected chi connectivity index (χ3v) is 3.67. The predicted molar refractivity (Wildman–Crippen MR) is 85.7 cm³/mol. The molecule has 1 saturated heterocycles. The summed E-state index contributed by atoms with van der Waals surface area (Å²) in [6, 6.07) is 7.25. The first-order valence-electron chi connectivity index (χ1n) is 7.08. The fraction of sp³-hybridized carbons (Fsp3) is 0.467. The molecule has 1 aliphatic rings. The highest BCUT2D eigenvalue weighted by Crippen LogP contribution is 2.11. The third kappa shape index (κ3) is 4.19. The molecular formula is C15H22ClN3O3. The average Bonchev–Trinajstić information content (AvgIpc) is 2.53. The van der Waals surface area contributed by atoms with E-state index in [2.05, 4.69) is 0 Å². The van der Waals surface area contributed by atoms with Gasteiger partial charge in [-0.15, -0.1) is 12.4 Å². The summed E-state index contributed by atoms with van der Waals surface area (Å²) in [6.07, 6.45) is -0.990. The van der Waals surface area contributed by atoms with Gasteiger partial charge in [-0.25, -0.2) is 0 Å². The van der Waals surface area contributed by atoms with E-state index in [1.54, 1.807) is 21.9 Å². The van der Waals surface area contributed by atoms with Crippen molar-refractivity contribution >= 4 is 24.2 Å². The Bertz CT molecular complexity index is 511. The minimum absolute atomic E-state index is 0. The summed E-state index contributed by atoms with van der Waals surface area (Å²) >= 11 is 0. The molecule has 3 N–H and O–H groups in total. The summed E-state index contributed by atoms with van der Waals surface area (Å²) < 4.78 is 0. The summed E-state index contributed by atoms with van der Waals surface area (Å²) in [5.41, 5.74) is 7.15. The van der Waals surface area contributed by atoms with E-state index in [0.717, 1.165) is 5.56 Å². The van der Waals surface area contributed by atoms with Crippen molar-refractivity contribution < 1.29 is 14.7 Å². The van der Waals surface area contributed by atoms with Crippen molar-refractivity contribution in [2.45, 2.75) is 19.6 Å². The molecule has 7 heteroatoms. The highest BCUT2D eigenvalue weighted by molar-refractivity contribution is 5.94. The van der Waals surface area contributed by atoms with E-state index in [9.17, 15) is 14.7 Å². The van der Waals surface area contributed by atoms with E-state index in [1.165, 1.54) is 6.92 Å². The smallest absolute Gasteiger partial charge is 0.253 e. The zero-order valence-electron chi connectivity index (χ0n) is 12.6. The van der Waals surface area contributed by atoms with Gasteiger partial charge in [-0.3, -0.25) is 9.59 Å². The first-order chi connectivity index (χ1) is 10.0. The lowest BCUT2D eigenvalue weighted by Gasteiger charge is -2.35. The molecule has 1 unspecified atom stereocenters. The van der Waals surface area contributed by atoms with Crippen molar-refractivity contribution in [3.8, 4) is 0 Å². The Balaban J connectivity index is 0.00000242. The molecule has 122 valence electrons. The fourth-order valence-corrected chi connectivity index (χ4v) is 2.36. The van der Waals surface area contributed by atoms with Crippen LogP contribution < -0.4 is 5.73 Å². The Morgan fingerprint density at radius 3 is 2.09 bits per heavy atom. The van der Waals surface area contributed by atoms with Gasteiger partial charge < -0.3 is 20.6 Å². The van der Waals surface area contributed by atoms with Gasteiger partial charge in [-0.1, -0.05) is 12.1 Å². The Kier molecular flexibility index (Phi) is 6.80. The molecule has 1 heterocycles. The number of halogens is 1. The number of piperazine rings is 1. The van der Waals surface area contributed by atoms with Crippen molar-refractivity contribution in [1.82, 2.24) is 9.80 Å². The minimum atomic E-state index is -0.990. The number of carbonyl (C=O) groups excluding carboxylic acids is 2. The fourth-order valence-electron chi connectivity index (χ4n) is 2.36. The molecule has 6 nitrogen and oxygen atoms in total. The van der Waals surface area contributed by atoms with Gasteiger partial charge >= 0.3 is 0 Å². The van der Waals surface area contributed by atoms with Crippen LogP contribution in [0.3, 0.4) is 0 Å². The van der Waals surface area contributed by atoms with Gasteiger partial charge in [0.25, 0.3) is 11.8 Å².